The van der Waals surface area contributed by atoms with Crippen LogP contribution in [0, 0.1) is 13.8 Å². The fourth-order valence-corrected chi connectivity index (χ4v) is 2.75. The number of rotatable bonds is 6. The van der Waals surface area contributed by atoms with E-state index in [4.69, 9.17) is 0 Å². The number of benzene rings is 2. The summed E-state index contributed by atoms with van der Waals surface area (Å²) in [5.74, 6) is -0.369. The van der Waals surface area contributed by atoms with Crippen molar-refractivity contribution < 1.29 is 9.59 Å². The monoisotopic (exact) mass is 377 g/mol. The van der Waals surface area contributed by atoms with Crippen molar-refractivity contribution in [1.82, 2.24) is 15.0 Å². The molecule has 1 heterocycles. The van der Waals surface area contributed by atoms with Crippen molar-refractivity contribution in [2.24, 2.45) is 0 Å². The number of amides is 2. The molecule has 0 aliphatic rings. The van der Waals surface area contributed by atoms with E-state index in [-0.39, 0.29) is 17.4 Å². The molecule has 0 aliphatic carbocycles. The van der Waals surface area contributed by atoms with Crippen LogP contribution in [0.2, 0.25) is 0 Å². The van der Waals surface area contributed by atoms with Gasteiger partial charge in [0.2, 0.25) is 5.91 Å². The Morgan fingerprint density at radius 1 is 1.00 bits per heavy atom. The molecular formula is C21H23N5O2. The molecule has 0 aliphatic heterocycles. The van der Waals surface area contributed by atoms with Gasteiger partial charge in [0.05, 0.1) is 5.69 Å². The van der Waals surface area contributed by atoms with Crippen LogP contribution in [-0.2, 0) is 4.79 Å². The molecule has 3 rings (SSSR count). The Bertz CT molecular complexity index is 992. The Labute approximate surface area is 163 Å². The maximum Gasteiger partial charge on any atom is 0.280 e. The lowest BCUT2D eigenvalue weighted by atomic mass is 10.2. The van der Waals surface area contributed by atoms with Gasteiger partial charge in [-0.1, -0.05) is 42.0 Å². The molecule has 2 aromatic carbocycles. The minimum Gasteiger partial charge on any atom is -0.320 e. The largest absolute Gasteiger partial charge is 0.320 e. The minimum absolute atomic E-state index is 0.0616. The van der Waals surface area contributed by atoms with E-state index in [2.05, 4.69) is 20.9 Å². The van der Waals surface area contributed by atoms with Crippen molar-refractivity contribution in [3.8, 4) is 5.69 Å². The second-order valence-corrected chi connectivity index (χ2v) is 6.66. The predicted molar refractivity (Wildman–Crippen MR) is 109 cm³/mol. The highest BCUT2D eigenvalue weighted by atomic mass is 16.2. The van der Waals surface area contributed by atoms with E-state index in [9.17, 15) is 9.59 Å². The van der Waals surface area contributed by atoms with Gasteiger partial charge in [0, 0.05) is 12.1 Å². The van der Waals surface area contributed by atoms with Crippen molar-refractivity contribution in [1.29, 1.82) is 0 Å². The van der Waals surface area contributed by atoms with Gasteiger partial charge in [-0.05, 0) is 50.1 Å². The van der Waals surface area contributed by atoms with Crippen LogP contribution in [0.4, 0.5) is 11.5 Å². The Morgan fingerprint density at radius 3 is 2.43 bits per heavy atom. The van der Waals surface area contributed by atoms with Crippen LogP contribution in [0.1, 0.15) is 41.4 Å². The summed E-state index contributed by atoms with van der Waals surface area (Å²) in [5, 5.41) is 13.7. The third-order valence-electron chi connectivity index (χ3n) is 4.17. The third kappa shape index (κ3) is 4.43. The van der Waals surface area contributed by atoms with Gasteiger partial charge >= 0.3 is 0 Å². The molecular weight excluding hydrogens is 354 g/mol. The molecule has 0 saturated carbocycles. The number of carbonyl (C=O) groups is 2. The van der Waals surface area contributed by atoms with Crippen LogP contribution in [0.15, 0.2) is 48.5 Å². The molecule has 2 N–H and O–H groups in total. The smallest absolute Gasteiger partial charge is 0.280 e. The molecule has 144 valence electrons. The van der Waals surface area contributed by atoms with Crippen LogP contribution >= 0.6 is 0 Å². The molecule has 0 fully saturated rings. The highest BCUT2D eigenvalue weighted by Crippen LogP contribution is 2.21. The second kappa shape index (κ2) is 8.47. The maximum absolute atomic E-state index is 12.8. The Hall–Kier alpha value is -3.48. The number of hydrogen-bond donors (Lipinski definition) is 2. The Balaban J connectivity index is 1.96. The SMILES string of the molecule is CCCC(=O)Nc1c(C(=O)Nc2cccc(C)c2)nnn1-c1ccc(C)cc1. The summed E-state index contributed by atoms with van der Waals surface area (Å²) in [4.78, 5) is 25.0. The molecule has 7 heteroatoms. The number of aryl methyl sites for hydroxylation is 2. The highest BCUT2D eigenvalue weighted by molar-refractivity contribution is 6.08. The number of nitrogens with zero attached hydrogens (tertiary/aromatic N) is 3. The molecule has 0 saturated heterocycles. The standard InChI is InChI=1S/C21H23N5O2/c1-4-6-18(27)23-20-19(21(28)22-16-8-5-7-15(3)13-16)24-25-26(20)17-11-9-14(2)10-12-17/h5,7-13H,4,6H2,1-3H3,(H,22,28)(H,23,27). The van der Waals surface area contributed by atoms with E-state index in [1.807, 2.05) is 63.2 Å². The van der Waals surface area contributed by atoms with E-state index in [0.29, 0.717) is 24.2 Å². The fourth-order valence-electron chi connectivity index (χ4n) is 2.75. The third-order valence-corrected chi connectivity index (χ3v) is 4.17. The second-order valence-electron chi connectivity index (χ2n) is 6.66. The van der Waals surface area contributed by atoms with Crippen LogP contribution in [0.5, 0.6) is 0 Å². The zero-order chi connectivity index (χ0) is 20.1. The van der Waals surface area contributed by atoms with Crippen molar-refractivity contribution in [3.05, 3.63) is 65.4 Å². The van der Waals surface area contributed by atoms with E-state index in [0.717, 1.165) is 11.1 Å². The van der Waals surface area contributed by atoms with Gasteiger partial charge in [-0.15, -0.1) is 5.10 Å². The van der Waals surface area contributed by atoms with E-state index in [1.54, 1.807) is 6.07 Å². The van der Waals surface area contributed by atoms with Gasteiger partial charge in [0.15, 0.2) is 11.5 Å². The van der Waals surface area contributed by atoms with Crippen LogP contribution < -0.4 is 10.6 Å². The summed E-state index contributed by atoms with van der Waals surface area (Å²) in [6, 6.07) is 15.0. The molecule has 1 aromatic heterocycles. The zero-order valence-electron chi connectivity index (χ0n) is 16.2. The van der Waals surface area contributed by atoms with Crippen LogP contribution in [-0.4, -0.2) is 26.8 Å². The number of hydrogen-bond acceptors (Lipinski definition) is 4. The molecule has 0 spiro atoms. The summed E-state index contributed by atoms with van der Waals surface area (Å²) in [6.45, 7) is 5.84. The number of anilines is 2. The summed E-state index contributed by atoms with van der Waals surface area (Å²) >= 11 is 0. The quantitative estimate of drug-likeness (QED) is 0.682. The molecule has 0 unspecified atom stereocenters. The average molecular weight is 377 g/mol. The first-order chi connectivity index (χ1) is 13.5. The first-order valence-corrected chi connectivity index (χ1v) is 9.18. The van der Waals surface area contributed by atoms with Gasteiger partial charge in [-0.25, -0.2) is 0 Å². The average Bonchev–Trinajstić information content (AvgIpc) is 3.06. The van der Waals surface area contributed by atoms with E-state index < -0.39 is 5.91 Å². The summed E-state index contributed by atoms with van der Waals surface area (Å²) in [5.41, 5.74) is 3.54. The van der Waals surface area contributed by atoms with Crippen molar-refractivity contribution >= 4 is 23.3 Å². The Morgan fingerprint density at radius 2 is 1.75 bits per heavy atom. The maximum atomic E-state index is 12.8. The Kier molecular flexibility index (Phi) is 5.84. The number of aromatic nitrogens is 3. The van der Waals surface area contributed by atoms with E-state index in [1.165, 1.54) is 4.68 Å². The lowest BCUT2D eigenvalue weighted by Gasteiger charge is -2.10. The van der Waals surface area contributed by atoms with Gasteiger partial charge in [-0.3, -0.25) is 9.59 Å². The van der Waals surface area contributed by atoms with E-state index >= 15 is 0 Å². The molecule has 0 radical (unpaired) electrons. The lowest BCUT2D eigenvalue weighted by Crippen LogP contribution is -2.19. The predicted octanol–water partition coefficient (Wildman–Crippen LogP) is 3.88. The zero-order valence-corrected chi connectivity index (χ0v) is 16.2. The van der Waals surface area contributed by atoms with Gasteiger partial charge in [0.25, 0.3) is 5.91 Å². The first kappa shape index (κ1) is 19.3. The fraction of sp³-hybridized carbons (Fsp3) is 0.238. The van der Waals surface area contributed by atoms with Crippen molar-refractivity contribution in [2.45, 2.75) is 33.6 Å². The van der Waals surface area contributed by atoms with Gasteiger partial charge < -0.3 is 10.6 Å². The summed E-state index contributed by atoms with van der Waals surface area (Å²) in [6.07, 6.45) is 1.04. The number of nitrogens with one attached hydrogen (secondary N) is 2. The van der Waals surface area contributed by atoms with Crippen LogP contribution in [0.25, 0.3) is 5.69 Å². The molecule has 28 heavy (non-hydrogen) atoms. The summed E-state index contributed by atoms with van der Waals surface area (Å²) < 4.78 is 1.47. The molecule has 7 nitrogen and oxygen atoms in total. The number of carbonyl (C=O) groups excluding carboxylic acids is 2. The molecule has 0 bridgehead atoms. The highest BCUT2D eigenvalue weighted by Gasteiger charge is 2.22. The molecule has 0 atom stereocenters. The first-order valence-electron chi connectivity index (χ1n) is 9.18. The van der Waals surface area contributed by atoms with Crippen molar-refractivity contribution in [3.63, 3.8) is 0 Å². The summed E-state index contributed by atoms with van der Waals surface area (Å²) in [7, 11) is 0. The topological polar surface area (TPSA) is 88.9 Å². The van der Waals surface area contributed by atoms with Gasteiger partial charge in [-0.2, -0.15) is 4.68 Å². The molecule has 3 aromatic rings. The molecule has 2 amide bonds. The minimum atomic E-state index is -0.434. The van der Waals surface area contributed by atoms with Crippen LogP contribution in [0.3, 0.4) is 0 Å². The lowest BCUT2D eigenvalue weighted by molar-refractivity contribution is -0.116. The van der Waals surface area contributed by atoms with Crippen molar-refractivity contribution in [2.75, 3.05) is 10.6 Å². The normalized spacial score (nSPS) is 10.5. The van der Waals surface area contributed by atoms with Gasteiger partial charge in [0.1, 0.15) is 0 Å².